The van der Waals surface area contributed by atoms with Crippen molar-refractivity contribution in [3.8, 4) is 0 Å². The lowest BCUT2D eigenvalue weighted by molar-refractivity contribution is 0.0517. The number of rotatable bonds is 5. The second kappa shape index (κ2) is 8.53. The summed E-state index contributed by atoms with van der Waals surface area (Å²) >= 11 is 0. The summed E-state index contributed by atoms with van der Waals surface area (Å²) in [6.45, 7) is 6.16. The number of nitrogens with zero attached hydrogens (tertiary/aromatic N) is 4. The third-order valence-corrected chi connectivity index (χ3v) is 5.74. The predicted molar refractivity (Wildman–Crippen MR) is 104 cm³/mol. The zero-order valence-corrected chi connectivity index (χ0v) is 15.9. The zero-order valence-electron chi connectivity index (χ0n) is 15.9. The fourth-order valence-electron chi connectivity index (χ4n) is 4.10. The van der Waals surface area contributed by atoms with Crippen LogP contribution in [0.25, 0.3) is 10.9 Å². The fourth-order valence-corrected chi connectivity index (χ4v) is 4.10. The summed E-state index contributed by atoms with van der Waals surface area (Å²) in [6.07, 6.45) is 0.944. The molecule has 2 saturated heterocycles. The number of hydrogen-bond donors (Lipinski definition) is 0. The molecule has 28 heavy (non-hydrogen) atoms. The van der Waals surface area contributed by atoms with Crippen LogP contribution >= 0.6 is 0 Å². The van der Waals surface area contributed by atoms with E-state index in [1.807, 2.05) is 12.1 Å². The molecule has 4 rings (SSSR count). The molecule has 3 heterocycles. The second-order valence-corrected chi connectivity index (χ2v) is 7.64. The Morgan fingerprint density at radius 2 is 1.89 bits per heavy atom. The van der Waals surface area contributed by atoms with E-state index in [0.29, 0.717) is 10.9 Å². The first-order valence-electron chi connectivity index (χ1n) is 9.92. The van der Waals surface area contributed by atoms with E-state index in [0.717, 1.165) is 75.0 Å². The van der Waals surface area contributed by atoms with Crippen molar-refractivity contribution in [3.63, 3.8) is 0 Å². The number of alkyl halides is 2. The van der Waals surface area contributed by atoms with Gasteiger partial charge in [0.1, 0.15) is 0 Å². The SMILES string of the molecule is O=c1c2ccc(N3CCN(CC4CCOCC4)CC3)cc2ncn1CC(F)F. The summed E-state index contributed by atoms with van der Waals surface area (Å²) < 4.78 is 31.6. The van der Waals surface area contributed by atoms with Gasteiger partial charge in [-0.15, -0.1) is 0 Å². The number of fused-ring (bicyclic) bond motifs is 1. The fraction of sp³-hybridized carbons (Fsp3) is 0.600. The molecule has 1 aromatic heterocycles. The van der Waals surface area contributed by atoms with Gasteiger partial charge in [-0.05, 0) is 37.0 Å². The van der Waals surface area contributed by atoms with Crippen molar-refractivity contribution < 1.29 is 13.5 Å². The zero-order chi connectivity index (χ0) is 19.5. The van der Waals surface area contributed by atoms with Gasteiger partial charge in [0, 0.05) is 51.6 Å². The minimum absolute atomic E-state index is 0.380. The molecule has 0 saturated carbocycles. The third-order valence-electron chi connectivity index (χ3n) is 5.74. The maximum Gasteiger partial charge on any atom is 0.261 e. The molecule has 0 unspecified atom stereocenters. The Bertz CT molecular complexity index is 859. The Hall–Kier alpha value is -2.06. The molecule has 2 aromatic rings. The van der Waals surface area contributed by atoms with Crippen molar-refractivity contribution in [3.05, 3.63) is 34.9 Å². The van der Waals surface area contributed by atoms with Gasteiger partial charge in [-0.25, -0.2) is 13.8 Å². The van der Waals surface area contributed by atoms with Crippen LogP contribution in [-0.4, -0.2) is 66.8 Å². The normalized spacial score (nSPS) is 19.6. The van der Waals surface area contributed by atoms with E-state index in [1.165, 1.54) is 6.33 Å². The first-order valence-corrected chi connectivity index (χ1v) is 9.92. The van der Waals surface area contributed by atoms with E-state index >= 15 is 0 Å². The Morgan fingerprint density at radius 3 is 2.61 bits per heavy atom. The maximum atomic E-state index is 12.6. The smallest absolute Gasteiger partial charge is 0.261 e. The van der Waals surface area contributed by atoms with Crippen molar-refractivity contribution >= 4 is 16.6 Å². The predicted octanol–water partition coefficient (Wildman–Crippen LogP) is 2.21. The number of halogens is 2. The molecule has 0 spiro atoms. The van der Waals surface area contributed by atoms with E-state index in [-0.39, 0.29) is 0 Å². The highest BCUT2D eigenvalue weighted by Crippen LogP contribution is 2.22. The van der Waals surface area contributed by atoms with E-state index in [1.54, 1.807) is 6.07 Å². The van der Waals surface area contributed by atoms with Gasteiger partial charge in [0.15, 0.2) is 0 Å². The average molecular weight is 392 g/mol. The summed E-state index contributed by atoms with van der Waals surface area (Å²) in [6, 6.07) is 5.49. The van der Waals surface area contributed by atoms with Gasteiger partial charge >= 0.3 is 0 Å². The van der Waals surface area contributed by atoms with Crippen LogP contribution in [0.2, 0.25) is 0 Å². The molecule has 2 aliphatic rings. The molecule has 1 aromatic carbocycles. The Balaban J connectivity index is 1.41. The van der Waals surface area contributed by atoms with Gasteiger partial charge < -0.3 is 9.64 Å². The highest BCUT2D eigenvalue weighted by atomic mass is 19.3. The summed E-state index contributed by atoms with van der Waals surface area (Å²) in [5, 5.41) is 0.380. The first-order chi connectivity index (χ1) is 13.6. The largest absolute Gasteiger partial charge is 0.381 e. The summed E-state index contributed by atoms with van der Waals surface area (Å²) in [5.41, 5.74) is 1.16. The van der Waals surface area contributed by atoms with Crippen molar-refractivity contribution in [1.82, 2.24) is 14.5 Å². The van der Waals surface area contributed by atoms with E-state index in [9.17, 15) is 13.6 Å². The summed E-state index contributed by atoms with van der Waals surface area (Å²) in [7, 11) is 0. The lowest BCUT2D eigenvalue weighted by atomic mass is 9.99. The molecule has 0 bridgehead atoms. The molecule has 0 aliphatic carbocycles. The lowest BCUT2D eigenvalue weighted by Crippen LogP contribution is -2.48. The standard InChI is InChI=1S/C20H26F2N4O2/c21-19(22)13-26-14-23-18-11-16(1-2-17(18)20(26)27)25-7-5-24(6-8-25)12-15-3-9-28-10-4-15/h1-2,11,14-15,19H,3-10,12-13H2. The van der Waals surface area contributed by atoms with E-state index < -0.39 is 18.5 Å². The van der Waals surface area contributed by atoms with Crippen molar-refractivity contribution in [2.45, 2.75) is 25.8 Å². The average Bonchev–Trinajstić information content (AvgIpc) is 2.71. The van der Waals surface area contributed by atoms with Gasteiger partial charge in [0.2, 0.25) is 0 Å². The third kappa shape index (κ3) is 4.33. The van der Waals surface area contributed by atoms with Crippen LogP contribution in [0.1, 0.15) is 12.8 Å². The van der Waals surface area contributed by atoms with E-state index in [2.05, 4.69) is 14.8 Å². The number of anilines is 1. The molecule has 6 nitrogen and oxygen atoms in total. The molecule has 0 radical (unpaired) electrons. The maximum absolute atomic E-state index is 12.6. The highest BCUT2D eigenvalue weighted by molar-refractivity contribution is 5.81. The number of benzene rings is 1. The second-order valence-electron chi connectivity index (χ2n) is 7.64. The van der Waals surface area contributed by atoms with Crippen LogP contribution in [0.5, 0.6) is 0 Å². The van der Waals surface area contributed by atoms with Gasteiger partial charge in [-0.1, -0.05) is 0 Å². The van der Waals surface area contributed by atoms with Crippen molar-refractivity contribution in [2.24, 2.45) is 5.92 Å². The monoisotopic (exact) mass is 392 g/mol. The number of aromatic nitrogens is 2. The lowest BCUT2D eigenvalue weighted by Gasteiger charge is -2.38. The minimum atomic E-state index is -2.58. The molecular weight excluding hydrogens is 366 g/mol. The van der Waals surface area contributed by atoms with Crippen LogP contribution in [0.15, 0.2) is 29.3 Å². The van der Waals surface area contributed by atoms with Crippen LogP contribution in [0, 0.1) is 5.92 Å². The van der Waals surface area contributed by atoms with Crippen LogP contribution in [-0.2, 0) is 11.3 Å². The topological polar surface area (TPSA) is 50.6 Å². The molecule has 152 valence electrons. The summed E-state index contributed by atoms with van der Waals surface area (Å²) in [4.78, 5) is 21.4. The molecule has 2 aliphatic heterocycles. The number of piperazine rings is 1. The number of ether oxygens (including phenoxy) is 1. The van der Waals surface area contributed by atoms with E-state index in [4.69, 9.17) is 4.74 Å². The van der Waals surface area contributed by atoms with Gasteiger partial charge in [0.05, 0.1) is 23.8 Å². The Morgan fingerprint density at radius 1 is 1.14 bits per heavy atom. The minimum Gasteiger partial charge on any atom is -0.381 e. The van der Waals surface area contributed by atoms with Crippen LogP contribution < -0.4 is 10.5 Å². The molecular formula is C20H26F2N4O2. The molecule has 0 N–H and O–H groups in total. The molecule has 0 amide bonds. The molecule has 2 fully saturated rings. The Kier molecular flexibility index (Phi) is 5.87. The highest BCUT2D eigenvalue weighted by Gasteiger charge is 2.22. The Labute approximate surface area is 162 Å². The molecule has 8 heteroatoms. The van der Waals surface area contributed by atoms with Crippen molar-refractivity contribution in [2.75, 3.05) is 50.8 Å². The van der Waals surface area contributed by atoms with Gasteiger partial charge in [0.25, 0.3) is 12.0 Å². The first kappa shape index (κ1) is 19.3. The van der Waals surface area contributed by atoms with Crippen LogP contribution in [0.3, 0.4) is 0 Å². The van der Waals surface area contributed by atoms with Crippen LogP contribution in [0.4, 0.5) is 14.5 Å². The molecule has 0 atom stereocenters. The quantitative estimate of drug-likeness (QED) is 0.781. The van der Waals surface area contributed by atoms with Gasteiger partial charge in [-0.3, -0.25) is 14.3 Å². The van der Waals surface area contributed by atoms with Gasteiger partial charge in [-0.2, -0.15) is 0 Å². The summed E-state index contributed by atoms with van der Waals surface area (Å²) in [5.74, 6) is 0.737. The number of hydrogen-bond acceptors (Lipinski definition) is 5. The van der Waals surface area contributed by atoms with Crippen molar-refractivity contribution in [1.29, 1.82) is 0 Å².